The van der Waals surface area contributed by atoms with E-state index < -0.39 is 5.25 Å². The number of nitrogens with one attached hydrogen (secondary N) is 2. The van der Waals surface area contributed by atoms with E-state index >= 15 is 0 Å². The molecule has 0 aliphatic carbocycles. The second kappa shape index (κ2) is 8.79. The summed E-state index contributed by atoms with van der Waals surface area (Å²) >= 11 is 1.43. The van der Waals surface area contributed by atoms with Crippen molar-refractivity contribution >= 4 is 23.4 Å². The lowest BCUT2D eigenvalue weighted by Gasteiger charge is -2.33. The molecule has 0 saturated carbocycles. The summed E-state index contributed by atoms with van der Waals surface area (Å²) in [6, 6.07) is 15.3. The van der Waals surface area contributed by atoms with Crippen molar-refractivity contribution in [2.45, 2.75) is 43.1 Å². The molecule has 2 heterocycles. The van der Waals surface area contributed by atoms with Gasteiger partial charge in [-0.3, -0.25) is 4.79 Å². The molecular formula is C22H25N5O2S. The average molecular weight is 424 g/mol. The van der Waals surface area contributed by atoms with Crippen LogP contribution in [0.5, 0.6) is 5.75 Å². The van der Waals surface area contributed by atoms with Gasteiger partial charge in [-0.05, 0) is 48.7 Å². The molecule has 30 heavy (non-hydrogen) atoms. The van der Waals surface area contributed by atoms with E-state index in [2.05, 4.69) is 27.9 Å². The fraction of sp³-hybridized carbons (Fsp3) is 0.318. The first-order valence-corrected chi connectivity index (χ1v) is 10.9. The highest BCUT2D eigenvalue weighted by atomic mass is 32.2. The fourth-order valence-corrected chi connectivity index (χ4v) is 4.58. The van der Waals surface area contributed by atoms with Gasteiger partial charge in [-0.25, -0.2) is 4.68 Å². The molecule has 2 atom stereocenters. The molecule has 1 amide bonds. The second-order valence-electron chi connectivity index (χ2n) is 7.26. The SMILES string of the molecule is CCCc1nnc2n1N[C@@H](c1ccc(OC)cc1)[C@H](C(=O)Nc1cccc(C)c1)S2. The minimum Gasteiger partial charge on any atom is -0.497 e. The molecule has 156 valence electrons. The Morgan fingerprint density at radius 3 is 2.73 bits per heavy atom. The van der Waals surface area contributed by atoms with Gasteiger partial charge in [-0.1, -0.05) is 43.0 Å². The molecule has 0 radical (unpaired) electrons. The van der Waals surface area contributed by atoms with E-state index in [1.165, 1.54) is 11.8 Å². The number of ether oxygens (including phenoxy) is 1. The van der Waals surface area contributed by atoms with Gasteiger partial charge in [0, 0.05) is 12.1 Å². The van der Waals surface area contributed by atoms with Gasteiger partial charge in [0.1, 0.15) is 11.0 Å². The Labute approximate surface area is 180 Å². The van der Waals surface area contributed by atoms with E-state index in [-0.39, 0.29) is 11.9 Å². The number of fused-ring (bicyclic) bond motifs is 1. The highest BCUT2D eigenvalue weighted by Crippen LogP contribution is 2.38. The molecule has 3 aromatic rings. The number of aryl methyl sites for hydroxylation is 2. The zero-order valence-electron chi connectivity index (χ0n) is 17.3. The van der Waals surface area contributed by atoms with Crippen LogP contribution < -0.4 is 15.5 Å². The molecule has 4 rings (SSSR count). The number of methoxy groups -OCH3 is 1. The molecule has 2 aromatic carbocycles. The summed E-state index contributed by atoms with van der Waals surface area (Å²) in [5.74, 6) is 1.57. The van der Waals surface area contributed by atoms with Gasteiger partial charge >= 0.3 is 0 Å². The van der Waals surface area contributed by atoms with E-state index in [0.717, 1.165) is 41.2 Å². The third-order valence-corrected chi connectivity index (χ3v) is 6.21. The monoisotopic (exact) mass is 423 g/mol. The lowest BCUT2D eigenvalue weighted by molar-refractivity contribution is -0.116. The predicted molar refractivity (Wildman–Crippen MR) is 119 cm³/mol. The first-order valence-electron chi connectivity index (χ1n) is 9.98. The Morgan fingerprint density at radius 2 is 2.03 bits per heavy atom. The van der Waals surface area contributed by atoms with E-state index in [0.29, 0.717) is 5.16 Å². The van der Waals surface area contributed by atoms with Crippen LogP contribution in [0.2, 0.25) is 0 Å². The third-order valence-electron chi connectivity index (χ3n) is 5.00. The van der Waals surface area contributed by atoms with Crippen LogP contribution in [0, 0.1) is 6.92 Å². The Bertz CT molecular complexity index is 1030. The fourth-order valence-electron chi connectivity index (χ4n) is 3.48. The highest BCUT2D eigenvalue weighted by Gasteiger charge is 2.37. The van der Waals surface area contributed by atoms with E-state index in [1.807, 2.05) is 60.1 Å². The number of rotatable bonds is 6. The van der Waals surface area contributed by atoms with Gasteiger partial charge in [-0.2, -0.15) is 0 Å². The summed E-state index contributed by atoms with van der Waals surface area (Å²) in [5, 5.41) is 12.0. The largest absolute Gasteiger partial charge is 0.497 e. The van der Waals surface area contributed by atoms with Crippen LogP contribution in [-0.4, -0.2) is 33.1 Å². The Morgan fingerprint density at radius 1 is 1.23 bits per heavy atom. The normalized spacial score (nSPS) is 17.7. The maximum Gasteiger partial charge on any atom is 0.240 e. The molecule has 0 spiro atoms. The van der Waals surface area contributed by atoms with Gasteiger partial charge in [0.05, 0.1) is 13.2 Å². The minimum absolute atomic E-state index is 0.0785. The molecule has 0 bridgehead atoms. The molecule has 0 saturated heterocycles. The molecule has 8 heteroatoms. The molecule has 2 N–H and O–H groups in total. The summed E-state index contributed by atoms with van der Waals surface area (Å²) in [7, 11) is 1.64. The van der Waals surface area contributed by atoms with Crippen LogP contribution in [-0.2, 0) is 11.2 Å². The Kier molecular flexibility index (Phi) is 5.94. The third kappa shape index (κ3) is 4.14. The molecular weight excluding hydrogens is 398 g/mol. The van der Waals surface area contributed by atoms with Gasteiger partial charge in [-0.15, -0.1) is 10.2 Å². The van der Waals surface area contributed by atoms with Crippen LogP contribution in [0.4, 0.5) is 5.69 Å². The summed E-state index contributed by atoms with van der Waals surface area (Å²) < 4.78 is 7.20. The van der Waals surface area contributed by atoms with Gasteiger partial charge < -0.3 is 15.5 Å². The quantitative estimate of drug-likeness (QED) is 0.625. The number of nitrogens with zero attached hydrogens (tertiary/aromatic N) is 3. The summed E-state index contributed by atoms with van der Waals surface area (Å²) in [6.45, 7) is 4.11. The van der Waals surface area contributed by atoms with Crippen molar-refractivity contribution in [1.82, 2.24) is 14.9 Å². The maximum atomic E-state index is 13.3. The number of carbonyl (C=O) groups is 1. The van der Waals surface area contributed by atoms with Crippen molar-refractivity contribution in [2.75, 3.05) is 17.9 Å². The number of hydrogen-bond donors (Lipinski definition) is 2. The summed E-state index contributed by atoms with van der Waals surface area (Å²) in [6.07, 6.45) is 1.78. The minimum atomic E-state index is -0.412. The van der Waals surface area contributed by atoms with Gasteiger partial charge in [0.15, 0.2) is 5.82 Å². The predicted octanol–water partition coefficient (Wildman–Crippen LogP) is 3.95. The number of hydrogen-bond acceptors (Lipinski definition) is 6. The second-order valence-corrected chi connectivity index (χ2v) is 8.37. The van der Waals surface area contributed by atoms with Gasteiger partial charge in [0.25, 0.3) is 0 Å². The zero-order chi connectivity index (χ0) is 21.1. The Balaban J connectivity index is 1.66. The smallest absolute Gasteiger partial charge is 0.240 e. The molecule has 1 aromatic heterocycles. The van der Waals surface area contributed by atoms with Crippen molar-refractivity contribution in [3.8, 4) is 5.75 Å². The van der Waals surface area contributed by atoms with Crippen molar-refractivity contribution in [3.05, 3.63) is 65.5 Å². The first-order chi connectivity index (χ1) is 14.6. The standard InChI is InChI=1S/C22H25N5O2S/c1-4-6-18-24-25-22-27(18)26-19(15-9-11-17(29-3)12-10-15)20(30-22)21(28)23-16-8-5-7-14(2)13-16/h5,7-13,19-20,26H,4,6H2,1-3H3,(H,23,28)/t19-,20+/m0/s1. The molecule has 1 aliphatic heterocycles. The number of anilines is 1. The van der Waals surface area contributed by atoms with Crippen LogP contribution in [0.15, 0.2) is 53.7 Å². The first kappa shape index (κ1) is 20.3. The number of aromatic nitrogens is 3. The van der Waals surface area contributed by atoms with Crippen LogP contribution >= 0.6 is 11.8 Å². The number of benzene rings is 2. The average Bonchev–Trinajstić information content (AvgIpc) is 3.15. The summed E-state index contributed by atoms with van der Waals surface area (Å²) in [4.78, 5) is 13.3. The van der Waals surface area contributed by atoms with Crippen molar-refractivity contribution in [1.29, 1.82) is 0 Å². The van der Waals surface area contributed by atoms with E-state index in [1.54, 1.807) is 7.11 Å². The molecule has 1 aliphatic rings. The topological polar surface area (TPSA) is 81.1 Å². The maximum absolute atomic E-state index is 13.3. The number of thioether (sulfide) groups is 1. The van der Waals surface area contributed by atoms with Crippen molar-refractivity contribution < 1.29 is 9.53 Å². The Hall–Kier alpha value is -3.00. The number of amides is 1. The summed E-state index contributed by atoms with van der Waals surface area (Å²) in [5.41, 5.74) is 6.36. The van der Waals surface area contributed by atoms with Crippen LogP contribution in [0.1, 0.15) is 36.3 Å². The van der Waals surface area contributed by atoms with Crippen LogP contribution in [0.3, 0.4) is 0 Å². The zero-order valence-corrected chi connectivity index (χ0v) is 18.1. The molecule has 0 unspecified atom stereocenters. The highest BCUT2D eigenvalue weighted by molar-refractivity contribution is 8.00. The lowest BCUT2D eigenvalue weighted by Crippen LogP contribution is -2.41. The molecule has 7 nitrogen and oxygen atoms in total. The lowest BCUT2D eigenvalue weighted by atomic mass is 10.0. The molecule has 0 fully saturated rings. The van der Waals surface area contributed by atoms with Crippen LogP contribution in [0.25, 0.3) is 0 Å². The van der Waals surface area contributed by atoms with Crippen molar-refractivity contribution in [3.63, 3.8) is 0 Å². The number of carbonyl (C=O) groups excluding carboxylic acids is 1. The van der Waals surface area contributed by atoms with Gasteiger partial charge in [0.2, 0.25) is 11.1 Å². The van der Waals surface area contributed by atoms with E-state index in [9.17, 15) is 4.79 Å². The van der Waals surface area contributed by atoms with Crippen molar-refractivity contribution in [2.24, 2.45) is 0 Å². The van der Waals surface area contributed by atoms with E-state index in [4.69, 9.17) is 4.74 Å².